The molecule has 0 unspecified atom stereocenters. The van der Waals surface area contributed by atoms with Crippen LogP contribution in [-0.2, 0) is 19.9 Å². The smallest absolute Gasteiger partial charge is 0.159 e. The number of hydrogen-bond donors (Lipinski definition) is 0. The third-order valence-electron chi connectivity index (χ3n) is 3.05. The fourth-order valence-corrected chi connectivity index (χ4v) is 2.01. The van der Waals surface area contributed by atoms with Gasteiger partial charge in [0.1, 0.15) is 5.82 Å². The molecule has 90 valence electrons. The highest BCUT2D eigenvalue weighted by molar-refractivity contribution is 5.74. The number of imidazole rings is 1. The van der Waals surface area contributed by atoms with Gasteiger partial charge in [-0.15, -0.1) is 0 Å². The normalized spacial score (nSPS) is 10.9. The van der Waals surface area contributed by atoms with E-state index in [1.165, 1.54) is 0 Å². The van der Waals surface area contributed by atoms with Gasteiger partial charge in [0.05, 0.1) is 0 Å². The van der Waals surface area contributed by atoms with Gasteiger partial charge in [-0.25, -0.2) is 15.0 Å². The summed E-state index contributed by atoms with van der Waals surface area (Å²) in [5, 5.41) is 1.08. The van der Waals surface area contributed by atoms with Gasteiger partial charge in [0.25, 0.3) is 0 Å². The summed E-state index contributed by atoms with van der Waals surface area (Å²) in [7, 11) is 2.01. The van der Waals surface area contributed by atoms with Crippen LogP contribution >= 0.6 is 0 Å². The molecule has 4 heteroatoms. The molecular weight excluding hydrogens is 224 g/mol. The molecule has 0 fully saturated rings. The summed E-state index contributed by atoms with van der Waals surface area (Å²) in [4.78, 5) is 13.1. The molecule has 0 bridgehead atoms. The standard InChI is InChI=1S/C14H14N4/c1-18-10-9-15-13(18)7-6-12-5-4-11-3-2-8-16-14(11)17-12/h2-5,8-10H,6-7H2,1H3. The van der Waals surface area contributed by atoms with E-state index in [1.807, 2.05) is 36.1 Å². The molecule has 3 rings (SSSR count). The topological polar surface area (TPSA) is 43.6 Å². The number of pyridine rings is 2. The van der Waals surface area contributed by atoms with E-state index in [-0.39, 0.29) is 0 Å². The lowest BCUT2D eigenvalue weighted by Crippen LogP contribution is -2.01. The molecule has 3 aromatic heterocycles. The van der Waals surface area contributed by atoms with E-state index in [1.54, 1.807) is 6.20 Å². The van der Waals surface area contributed by atoms with Crippen molar-refractivity contribution in [2.24, 2.45) is 7.05 Å². The molecule has 0 radical (unpaired) electrons. The Balaban J connectivity index is 1.81. The van der Waals surface area contributed by atoms with Crippen LogP contribution in [0.15, 0.2) is 42.9 Å². The van der Waals surface area contributed by atoms with Gasteiger partial charge in [0.15, 0.2) is 5.65 Å². The number of hydrogen-bond acceptors (Lipinski definition) is 3. The lowest BCUT2D eigenvalue weighted by Gasteiger charge is -2.03. The predicted molar refractivity (Wildman–Crippen MR) is 70.2 cm³/mol. The van der Waals surface area contributed by atoms with Crippen LogP contribution in [-0.4, -0.2) is 19.5 Å². The molecule has 0 aliphatic rings. The highest BCUT2D eigenvalue weighted by atomic mass is 15.0. The predicted octanol–water partition coefficient (Wildman–Crippen LogP) is 2.15. The Kier molecular flexibility index (Phi) is 2.76. The van der Waals surface area contributed by atoms with Gasteiger partial charge in [-0.3, -0.25) is 0 Å². The second-order valence-corrected chi connectivity index (χ2v) is 4.31. The fourth-order valence-electron chi connectivity index (χ4n) is 2.01. The molecule has 0 atom stereocenters. The maximum atomic E-state index is 4.56. The van der Waals surface area contributed by atoms with Crippen molar-refractivity contribution in [1.29, 1.82) is 0 Å². The van der Waals surface area contributed by atoms with Crippen LogP contribution in [0, 0.1) is 0 Å². The number of rotatable bonds is 3. The molecule has 0 saturated carbocycles. The Morgan fingerprint density at radius 1 is 1.06 bits per heavy atom. The molecule has 0 spiro atoms. The molecule has 3 heterocycles. The highest BCUT2D eigenvalue weighted by Crippen LogP contribution is 2.10. The van der Waals surface area contributed by atoms with Crippen molar-refractivity contribution in [3.8, 4) is 0 Å². The van der Waals surface area contributed by atoms with Gasteiger partial charge < -0.3 is 4.57 Å². The molecule has 0 amide bonds. The van der Waals surface area contributed by atoms with Gasteiger partial charge in [0.2, 0.25) is 0 Å². The van der Waals surface area contributed by atoms with E-state index >= 15 is 0 Å². The van der Waals surface area contributed by atoms with E-state index in [0.29, 0.717) is 0 Å². The second-order valence-electron chi connectivity index (χ2n) is 4.31. The van der Waals surface area contributed by atoms with E-state index in [4.69, 9.17) is 0 Å². The van der Waals surface area contributed by atoms with Crippen LogP contribution in [0.1, 0.15) is 11.5 Å². The minimum absolute atomic E-state index is 0.815. The van der Waals surface area contributed by atoms with Crippen LogP contribution in [0.2, 0.25) is 0 Å². The molecule has 18 heavy (non-hydrogen) atoms. The Morgan fingerprint density at radius 2 is 2.00 bits per heavy atom. The van der Waals surface area contributed by atoms with Gasteiger partial charge >= 0.3 is 0 Å². The second kappa shape index (κ2) is 4.56. The largest absolute Gasteiger partial charge is 0.338 e. The average Bonchev–Trinajstić information content (AvgIpc) is 2.82. The van der Waals surface area contributed by atoms with Crippen LogP contribution in [0.25, 0.3) is 11.0 Å². The zero-order chi connectivity index (χ0) is 12.4. The zero-order valence-corrected chi connectivity index (χ0v) is 10.2. The molecular formula is C14H14N4. The van der Waals surface area contributed by atoms with Gasteiger partial charge in [-0.1, -0.05) is 0 Å². The first kappa shape index (κ1) is 10.9. The Bertz CT molecular complexity index is 672. The van der Waals surface area contributed by atoms with E-state index < -0.39 is 0 Å². The maximum absolute atomic E-state index is 4.56. The maximum Gasteiger partial charge on any atom is 0.159 e. The lowest BCUT2D eigenvalue weighted by atomic mass is 10.2. The van der Waals surface area contributed by atoms with Crippen LogP contribution in [0.3, 0.4) is 0 Å². The number of aromatic nitrogens is 4. The summed E-state index contributed by atoms with van der Waals surface area (Å²) in [5.41, 5.74) is 1.87. The Labute approximate surface area is 105 Å². The minimum atomic E-state index is 0.815. The summed E-state index contributed by atoms with van der Waals surface area (Å²) in [6, 6.07) is 8.09. The van der Waals surface area contributed by atoms with E-state index in [9.17, 15) is 0 Å². The first-order valence-corrected chi connectivity index (χ1v) is 6.00. The SMILES string of the molecule is Cn1ccnc1CCc1ccc2cccnc2n1. The number of fused-ring (bicyclic) bond motifs is 1. The Morgan fingerprint density at radius 3 is 2.83 bits per heavy atom. The van der Waals surface area contributed by atoms with Crippen LogP contribution < -0.4 is 0 Å². The summed E-state index contributed by atoms with van der Waals surface area (Å²) in [6.07, 6.45) is 7.35. The molecule has 0 aromatic carbocycles. The van der Waals surface area contributed by atoms with Crippen molar-refractivity contribution in [2.75, 3.05) is 0 Å². The van der Waals surface area contributed by atoms with Crippen molar-refractivity contribution >= 4 is 11.0 Å². The van der Waals surface area contributed by atoms with Crippen molar-refractivity contribution in [2.45, 2.75) is 12.8 Å². The van der Waals surface area contributed by atoms with Crippen molar-refractivity contribution in [3.63, 3.8) is 0 Å². The highest BCUT2D eigenvalue weighted by Gasteiger charge is 2.02. The summed E-state index contributed by atoms with van der Waals surface area (Å²) in [5.74, 6) is 1.08. The fraction of sp³-hybridized carbons (Fsp3) is 0.214. The average molecular weight is 238 g/mol. The zero-order valence-electron chi connectivity index (χ0n) is 10.2. The monoisotopic (exact) mass is 238 g/mol. The summed E-state index contributed by atoms with van der Waals surface area (Å²) in [6.45, 7) is 0. The first-order chi connectivity index (χ1) is 8.83. The summed E-state index contributed by atoms with van der Waals surface area (Å²) >= 11 is 0. The third kappa shape index (κ3) is 2.09. The van der Waals surface area contributed by atoms with Crippen molar-refractivity contribution < 1.29 is 0 Å². The van der Waals surface area contributed by atoms with E-state index in [0.717, 1.165) is 35.4 Å². The molecule has 0 aliphatic carbocycles. The lowest BCUT2D eigenvalue weighted by molar-refractivity contribution is 0.763. The van der Waals surface area contributed by atoms with Gasteiger partial charge in [0, 0.05) is 43.1 Å². The van der Waals surface area contributed by atoms with Crippen LogP contribution in [0.4, 0.5) is 0 Å². The van der Waals surface area contributed by atoms with Gasteiger partial charge in [-0.05, 0) is 30.7 Å². The van der Waals surface area contributed by atoms with Gasteiger partial charge in [-0.2, -0.15) is 0 Å². The quantitative estimate of drug-likeness (QED) is 0.702. The molecule has 0 saturated heterocycles. The molecule has 3 aromatic rings. The summed E-state index contributed by atoms with van der Waals surface area (Å²) < 4.78 is 2.04. The Hall–Kier alpha value is -2.23. The first-order valence-electron chi connectivity index (χ1n) is 6.00. The molecule has 4 nitrogen and oxygen atoms in total. The minimum Gasteiger partial charge on any atom is -0.338 e. The molecule has 0 aliphatic heterocycles. The van der Waals surface area contributed by atoms with E-state index in [2.05, 4.69) is 27.1 Å². The van der Waals surface area contributed by atoms with Crippen LogP contribution in [0.5, 0.6) is 0 Å². The third-order valence-corrected chi connectivity index (χ3v) is 3.05. The van der Waals surface area contributed by atoms with Crippen molar-refractivity contribution in [1.82, 2.24) is 19.5 Å². The number of aryl methyl sites for hydroxylation is 3. The van der Waals surface area contributed by atoms with Crippen molar-refractivity contribution in [3.05, 3.63) is 54.4 Å². The number of nitrogens with zero attached hydrogens (tertiary/aromatic N) is 4. The molecule has 0 N–H and O–H groups in total.